The maximum absolute atomic E-state index is 11.2. The van der Waals surface area contributed by atoms with E-state index < -0.39 is 0 Å². The van der Waals surface area contributed by atoms with E-state index in [2.05, 4.69) is 13.8 Å². The van der Waals surface area contributed by atoms with E-state index in [1.165, 1.54) is 32.1 Å². The van der Waals surface area contributed by atoms with Crippen LogP contribution in [0.4, 0.5) is 0 Å². The van der Waals surface area contributed by atoms with Gasteiger partial charge in [-0.3, -0.25) is 4.79 Å². The number of rotatable bonds is 4. The molecule has 1 atom stereocenters. The molecule has 0 bridgehead atoms. The van der Waals surface area contributed by atoms with Crippen LogP contribution in [0.3, 0.4) is 0 Å². The summed E-state index contributed by atoms with van der Waals surface area (Å²) in [5, 5.41) is 0. The fraction of sp³-hybridized carbons (Fsp3) is 0.917. The van der Waals surface area contributed by atoms with Gasteiger partial charge in [0.2, 0.25) is 5.91 Å². The molecule has 1 rings (SSSR count). The lowest BCUT2D eigenvalue weighted by Crippen LogP contribution is -2.30. The first-order chi connectivity index (χ1) is 6.61. The first-order valence-electron chi connectivity index (χ1n) is 5.90. The van der Waals surface area contributed by atoms with Crippen molar-refractivity contribution in [1.82, 2.24) is 0 Å². The van der Waals surface area contributed by atoms with Gasteiger partial charge >= 0.3 is 0 Å². The number of nitrogens with two attached hydrogens (primary N) is 1. The second-order valence-electron chi connectivity index (χ2n) is 4.99. The molecule has 0 saturated heterocycles. The Morgan fingerprint density at radius 2 is 1.86 bits per heavy atom. The smallest absolute Gasteiger partial charge is 0.220 e. The molecule has 2 heteroatoms. The molecule has 0 aromatic carbocycles. The number of carbonyl (C=O) groups excluding carboxylic acids is 1. The van der Waals surface area contributed by atoms with Crippen molar-refractivity contribution in [2.24, 2.45) is 23.5 Å². The third kappa shape index (κ3) is 3.32. The summed E-state index contributed by atoms with van der Waals surface area (Å²) in [5.41, 5.74) is 5.42. The van der Waals surface area contributed by atoms with Crippen LogP contribution in [0.1, 0.15) is 52.4 Å². The van der Waals surface area contributed by atoms with Gasteiger partial charge in [0.15, 0.2) is 0 Å². The van der Waals surface area contributed by atoms with Gasteiger partial charge in [-0.1, -0.05) is 46.0 Å². The summed E-state index contributed by atoms with van der Waals surface area (Å²) in [4.78, 5) is 11.2. The average Bonchev–Trinajstić information content (AvgIpc) is 2.15. The maximum atomic E-state index is 11.2. The molecule has 0 aromatic heterocycles. The number of amides is 1. The zero-order valence-corrected chi connectivity index (χ0v) is 9.46. The molecule has 1 saturated carbocycles. The van der Waals surface area contributed by atoms with Crippen molar-refractivity contribution in [3.05, 3.63) is 0 Å². The highest BCUT2D eigenvalue weighted by molar-refractivity contribution is 5.76. The summed E-state index contributed by atoms with van der Waals surface area (Å²) in [7, 11) is 0. The third-order valence-corrected chi connectivity index (χ3v) is 3.48. The lowest BCUT2D eigenvalue weighted by molar-refractivity contribution is -0.123. The highest BCUT2D eigenvalue weighted by Crippen LogP contribution is 2.31. The average molecular weight is 197 g/mol. The molecular weight excluding hydrogens is 174 g/mol. The fourth-order valence-corrected chi connectivity index (χ4v) is 2.50. The Kier molecular flexibility index (Phi) is 4.43. The minimum atomic E-state index is -0.106. The SMILES string of the molecule is CC(C)C(CC1CCCCC1)C(N)=O. The molecule has 2 nitrogen and oxygen atoms in total. The zero-order valence-electron chi connectivity index (χ0n) is 9.46. The molecule has 0 aromatic rings. The molecule has 0 heterocycles. The number of primary amides is 1. The van der Waals surface area contributed by atoms with Crippen molar-refractivity contribution in [2.75, 3.05) is 0 Å². The van der Waals surface area contributed by atoms with E-state index in [0.717, 1.165) is 12.3 Å². The van der Waals surface area contributed by atoms with E-state index >= 15 is 0 Å². The predicted octanol–water partition coefficient (Wildman–Crippen LogP) is 2.71. The maximum Gasteiger partial charge on any atom is 0.220 e. The highest BCUT2D eigenvalue weighted by atomic mass is 16.1. The van der Waals surface area contributed by atoms with Gasteiger partial charge in [0.1, 0.15) is 0 Å². The van der Waals surface area contributed by atoms with Gasteiger partial charge in [-0.15, -0.1) is 0 Å². The Morgan fingerprint density at radius 1 is 1.29 bits per heavy atom. The van der Waals surface area contributed by atoms with Crippen LogP contribution in [0.25, 0.3) is 0 Å². The summed E-state index contributed by atoms with van der Waals surface area (Å²) >= 11 is 0. The van der Waals surface area contributed by atoms with E-state index in [1.807, 2.05) is 0 Å². The molecule has 82 valence electrons. The predicted molar refractivity (Wildman–Crippen MR) is 58.7 cm³/mol. The van der Waals surface area contributed by atoms with Crippen LogP contribution in [-0.4, -0.2) is 5.91 Å². The van der Waals surface area contributed by atoms with Crippen LogP contribution < -0.4 is 5.73 Å². The summed E-state index contributed by atoms with van der Waals surface area (Å²) in [6, 6.07) is 0. The van der Waals surface area contributed by atoms with Gasteiger partial charge in [-0.25, -0.2) is 0 Å². The van der Waals surface area contributed by atoms with Crippen molar-refractivity contribution >= 4 is 5.91 Å². The van der Waals surface area contributed by atoms with Crippen LogP contribution >= 0.6 is 0 Å². The van der Waals surface area contributed by atoms with E-state index in [0.29, 0.717) is 5.92 Å². The fourth-order valence-electron chi connectivity index (χ4n) is 2.50. The van der Waals surface area contributed by atoms with E-state index in [1.54, 1.807) is 0 Å². The molecule has 0 spiro atoms. The number of hydrogen-bond donors (Lipinski definition) is 1. The molecule has 14 heavy (non-hydrogen) atoms. The van der Waals surface area contributed by atoms with Crippen LogP contribution in [0.5, 0.6) is 0 Å². The molecule has 0 aliphatic heterocycles. The van der Waals surface area contributed by atoms with E-state index in [9.17, 15) is 4.79 Å². The third-order valence-electron chi connectivity index (χ3n) is 3.48. The van der Waals surface area contributed by atoms with Gasteiger partial charge in [0, 0.05) is 5.92 Å². The van der Waals surface area contributed by atoms with Gasteiger partial charge in [0.05, 0.1) is 0 Å². The Morgan fingerprint density at radius 3 is 2.29 bits per heavy atom. The van der Waals surface area contributed by atoms with Crippen molar-refractivity contribution in [2.45, 2.75) is 52.4 Å². The summed E-state index contributed by atoms with van der Waals surface area (Å²) in [6.07, 6.45) is 7.68. The monoisotopic (exact) mass is 197 g/mol. The minimum absolute atomic E-state index is 0.0955. The molecule has 1 aliphatic rings. The van der Waals surface area contributed by atoms with Gasteiger partial charge in [-0.05, 0) is 18.3 Å². The van der Waals surface area contributed by atoms with E-state index in [-0.39, 0.29) is 11.8 Å². The lowest BCUT2D eigenvalue weighted by Gasteiger charge is -2.26. The van der Waals surface area contributed by atoms with Crippen LogP contribution in [0, 0.1) is 17.8 Å². The van der Waals surface area contributed by atoms with Crippen molar-refractivity contribution < 1.29 is 4.79 Å². The van der Waals surface area contributed by atoms with Crippen LogP contribution in [-0.2, 0) is 4.79 Å². The molecule has 0 radical (unpaired) electrons. The van der Waals surface area contributed by atoms with Gasteiger partial charge < -0.3 is 5.73 Å². The molecule has 1 amide bonds. The van der Waals surface area contributed by atoms with Gasteiger partial charge in [-0.2, -0.15) is 0 Å². The highest BCUT2D eigenvalue weighted by Gasteiger charge is 2.24. The molecular formula is C12H23NO. The Labute approximate surface area is 87.2 Å². The van der Waals surface area contributed by atoms with Crippen molar-refractivity contribution in [3.63, 3.8) is 0 Å². The van der Waals surface area contributed by atoms with E-state index in [4.69, 9.17) is 5.73 Å². The second-order valence-corrected chi connectivity index (χ2v) is 4.99. The van der Waals surface area contributed by atoms with Crippen molar-refractivity contribution in [3.8, 4) is 0 Å². The molecule has 1 fully saturated rings. The quantitative estimate of drug-likeness (QED) is 0.740. The Hall–Kier alpha value is -0.530. The first kappa shape index (κ1) is 11.5. The number of carbonyl (C=O) groups is 1. The standard InChI is InChI=1S/C12H23NO/c1-9(2)11(12(13)14)8-10-6-4-3-5-7-10/h9-11H,3-8H2,1-2H3,(H2,13,14). The Bertz CT molecular complexity index is 183. The molecule has 1 unspecified atom stereocenters. The lowest BCUT2D eigenvalue weighted by atomic mass is 9.79. The number of hydrogen-bond acceptors (Lipinski definition) is 1. The first-order valence-corrected chi connectivity index (χ1v) is 5.90. The summed E-state index contributed by atoms with van der Waals surface area (Å²) in [6.45, 7) is 4.19. The summed E-state index contributed by atoms with van der Waals surface area (Å²) in [5.74, 6) is 1.14. The molecule has 1 aliphatic carbocycles. The van der Waals surface area contributed by atoms with Crippen LogP contribution in [0.2, 0.25) is 0 Å². The summed E-state index contributed by atoms with van der Waals surface area (Å²) < 4.78 is 0. The Balaban J connectivity index is 2.41. The normalized spacial score (nSPS) is 21.1. The topological polar surface area (TPSA) is 43.1 Å². The zero-order chi connectivity index (χ0) is 10.6. The second kappa shape index (κ2) is 5.38. The minimum Gasteiger partial charge on any atom is -0.369 e. The molecule has 2 N–H and O–H groups in total. The van der Waals surface area contributed by atoms with Crippen molar-refractivity contribution in [1.29, 1.82) is 0 Å². The van der Waals surface area contributed by atoms with Crippen LogP contribution in [0.15, 0.2) is 0 Å². The van der Waals surface area contributed by atoms with Gasteiger partial charge in [0.25, 0.3) is 0 Å². The largest absolute Gasteiger partial charge is 0.369 e.